The van der Waals surface area contributed by atoms with E-state index in [0.29, 0.717) is 5.75 Å². The molecule has 1 heterocycles. The van der Waals surface area contributed by atoms with Gasteiger partial charge in [-0.15, -0.1) is 11.3 Å². The molecule has 0 aliphatic heterocycles. The molecule has 1 aliphatic carbocycles. The summed E-state index contributed by atoms with van der Waals surface area (Å²) in [4.78, 5) is 18.0. The molecular formula is C15H16N2O2S. The summed E-state index contributed by atoms with van der Waals surface area (Å²) >= 11 is 1.64. The number of methoxy groups -OCH3 is 1. The number of carbonyl (C=O) groups excluding carboxylic acids is 1. The van der Waals surface area contributed by atoms with Gasteiger partial charge in [-0.1, -0.05) is 12.1 Å². The van der Waals surface area contributed by atoms with Crippen LogP contribution in [0.4, 0.5) is 5.69 Å². The fraction of sp³-hybridized carbons (Fsp3) is 0.333. The number of fused-ring (bicyclic) bond motifs is 1. The minimum Gasteiger partial charge on any atom is -0.495 e. The lowest BCUT2D eigenvalue weighted by atomic mass is 9.90. The highest BCUT2D eigenvalue weighted by molar-refractivity contribution is 7.09. The van der Waals surface area contributed by atoms with Crippen molar-refractivity contribution in [1.29, 1.82) is 0 Å². The van der Waals surface area contributed by atoms with Gasteiger partial charge in [0, 0.05) is 10.8 Å². The summed E-state index contributed by atoms with van der Waals surface area (Å²) in [5, 5.41) is 2.97. The molecular weight excluding hydrogens is 272 g/mol. The Bertz CT molecular complexity index is 624. The monoisotopic (exact) mass is 288 g/mol. The van der Waals surface area contributed by atoms with Crippen molar-refractivity contribution in [2.75, 3.05) is 12.4 Å². The molecule has 2 aromatic rings. The van der Waals surface area contributed by atoms with Gasteiger partial charge in [-0.2, -0.15) is 0 Å². The molecule has 5 heteroatoms. The smallest absolute Gasteiger partial charge is 0.227 e. The highest BCUT2D eigenvalue weighted by Gasteiger charge is 2.26. The predicted molar refractivity (Wildman–Crippen MR) is 79.3 cm³/mol. The normalized spacial score (nSPS) is 17.4. The molecule has 3 rings (SSSR count). The van der Waals surface area contributed by atoms with E-state index in [2.05, 4.69) is 10.3 Å². The zero-order valence-corrected chi connectivity index (χ0v) is 12.1. The standard InChI is InChI=1S/C15H16N2O2S/c1-19-13-5-3-2-4-11(13)17-15(18)10-6-7-12-14(8-10)20-9-16-12/h2-5,9-10H,6-8H2,1H3,(H,17,18). The first-order chi connectivity index (χ1) is 9.78. The summed E-state index contributed by atoms with van der Waals surface area (Å²) in [6, 6.07) is 7.48. The molecule has 0 saturated carbocycles. The molecule has 20 heavy (non-hydrogen) atoms. The summed E-state index contributed by atoms with van der Waals surface area (Å²) in [6.07, 6.45) is 2.54. The maximum Gasteiger partial charge on any atom is 0.227 e. The highest BCUT2D eigenvalue weighted by atomic mass is 32.1. The molecule has 1 N–H and O–H groups in total. The molecule has 1 aliphatic rings. The lowest BCUT2D eigenvalue weighted by Gasteiger charge is -2.21. The van der Waals surface area contributed by atoms with Crippen LogP contribution in [0.2, 0.25) is 0 Å². The van der Waals surface area contributed by atoms with Crippen LogP contribution in [0.15, 0.2) is 29.8 Å². The number of thiazole rings is 1. The molecule has 1 atom stereocenters. The van der Waals surface area contributed by atoms with Crippen molar-refractivity contribution in [3.8, 4) is 5.75 Å². The van der Waals surface area contributed by atoms with Crippen molar-refractivity contribution in [3.05, 3.63) is 40.3 Å². The first-order valence-corrected chi connectivity index (χ1v) is 7.51. The number of hydrogen-bond donors (Lipinski definition) is 1. The molecule has 0 bridgehead atoms. The number of aryl methyl sites for hydroxylation is 1. The molecule has 1 amide bonds. The lowest BCUT2D eigenvalue weighted by Crippen LogP contribution is -2.27. The number of anilines is 1. The van der Waals surface area contributed by atoms with Crippen molar-refractivity contribution in [2.45, 2.75) is 19.3 Å². The molecule has 0 radical (unpaired) electrons. The largest absolute Gasteiger partial charge is 0.495 e. The Labute approximate surface area is 121 Å². The zero-order chi connectivity index (χ0) is 13.9. The fourth-order valence-corrected chi connectivity index (χ4v) is 3.40. The quantitative estimate of drug-likeness (QED) is 0.945. The van der Waals surface area contributed by atoms with Crippen LogP contribution in [0.5, 0.6) is 5.75 Å². The van der Waals surface area contributed by atoms with E-state index in [1.165, 1.54) is 4.88 Å². The second-order valence-corrected chi connectivity index (χ2v) is 5.79. The average molecular weight is 288 g/mol. The van der Waals surface area contributed by atoms with E-state index in [1.807, 2.05) is 29.8 Å². The fourth-order valence-electron chi connectivity index (χ4n) is 2.51. The van der Waals surface area contributed by atoms with Crippen LogP contribution in [0.1, 0.15) is 17.0 Å². The maximum absolute atomic E-state index is 12.4. The van der Waals surface area contributed by atoms with Crippen LogP contribution >= 0.6 is 11.3 Å². The maximum atomic E-state index is 12.4. The molecule has 1 unspecified atom stereocenters. The van der Waals surface area contributed by atoms with E-state index in [-0.39, 0.29) is 11.8 Å². The number of para-hydroxylation sites is 2. The van der Waals surface area contributed by atoms with Crippen LogP contribution < -0.4 is 10.1 Å². The first kappa shape index (κ1) is 13.1. The van der Waals surface area contributed by atoms with Gasteiger partial charge in [0.15, 0.2) is 0 Å². The number of hydrogen-bond acceptors (Lipinski definition) is 4. The van der Waals surface area contributed by atoms with E-state index in [0.717, 1.165) is 30.6 Å². The summed E-state index contributed by atoms with van der Waals surface area (Å²) in [5.74, 6) is 0.775. The molecule has 0 fully saturated rings. The van der Waals surface area contributed by atoms with Gasteiger partial charge in [0.2, 0.25) is 5.91 Å². The minimum atomic E-state index is 0.0212. The average Bonchev–Trinajstić information content (AvgIpc) is 2.95. The number of amides is 1. The highest BCUT2D eigenvalue weighted by Crippen LogP contribution is 2.30. The van der Waals surface area contributed by atoms with Gasteiger partial charge in [0.1, 0.15) is 5.75 Å². The summed E-state index contributed by atoms with van der Waals surface area (Å²) in [5.41, 5.74) is 3.76. The van der Waals surface area contributed by atoms with Crippen LogP contribution in [0.3, 0.4) is 0 Å². The predicted octanol–water partition coefficient (Wildman–Crippen LogP) is 2.90. The van der Waals surface area contributed by atoms with Crippen LogP contribution in [-0.2, 0) is 17.6 Å². The van der Waals surface area contributed by atoms with Gasteiger partial charge < -0.3 is 10.1 Å². The van der Waals surface area contributed by atoms with Gasteiger partial charge in [0.25, 0.3) is 0 Å². The van der Waals surface area contributed by atoms with E-state index >= 15 is 0 Å². The molecule has 4 nitrogen and oxygen atoms in total. The van der Waals surface area contributed by atoms with Crippen LogP contribution in [0.25, 0.3) is 0 Å². The van der Waals surface area contributed by atoms with Crippen LogP contribution in [0, 0.1) is 5.92 Å². The third kappa shape index (κ3) is 2.54. The Balaban J connectivity index is 1.71. The Kier molecular flexibility index (Phi) is 3.69. The number of carbonyl (C=O) groups is 1. The van der Waals surface area contributed by atoms with Crippen LogP contribution in [-0.4, -0.2) is 18.0 Å². The molecule has 1 aromatic heterocycles. The van der Waals surface area contributed by atoms with Crippen molar-refractivity contribution in [3.63, 3.8) is 0 Å². The Hall–Kier alpha value is -1.88. The summed E-state index contributed by atoms with van der Waals surface area (Å²) < 4.78 is 5.25. The van der Waals surface area contributed by atoms with Gasteiger partial charge in [0.05, 0.1) is 24.0 Å². The van der Waals surface area contributed by atoms with Crippen molar-refractivity contribution in [1.82, 2.24) is 4.98 Å². The summed E-state index contributed by atoms with van der Waals surface area (Å²) in [6.45, 7) is 0. The number of aromatic nitrogens is 1. The number of benzene rings is 1. The number of ether oxygens (including phenoxy) is 1. The van der Waals surface area contributed by atoms with E-state index in [4.69, 9.17) is 4.74 Å². The van der Waals surface area contributed by atoms with Gasteiger partial charge in [-0.05, 0) is 31.4 Å². The third-order valence-corrected chi connectivity index (χ3v) is 4.52. The van der Waals surface area contributed by atoms with Crippen molar-refractivity contribution < 1.29 is 9.53 Å². The second kappa shape index (κ2) is 5.63. The lowest BCUT2D eigenvalue weighted by molar-refractivity contribution is -0.120. The van der Waals surface area contributed by atoms with Crippen molar-refractivity contribution in [2.24, 2.45) is 5.92 Å². The SMILES string of the molecule is COc1ccccc1NC(=O)C1CCc2ncsc2C1. The minimum absolute atomic E-state index is 0.0212. The summed E-state index contributed by atoms with van der Waals surface area (Å²) in [7, 11) is 1.61. The molecule has 104 valence electrons. The van der Waals surface area contributed by atoms with Gasteiger partial charge >= 0.3 is 0 Å². The number of nitrogens with one attached hydrogen (secondary N) is 1. The Morgan fingerprint density at radius 3 is 3.15 bits per heavy atom. The topological polar surface area (TPSA) is 51.2 Å². The van der Waals surface area contributed by atoms with E-state index in [9.17, 15) is 4.79 Å². The Morgan fingerprint density at radius 1 is 1.45 bits per heavy atom. The third-order valence-electron chi connectivity index (χ3n) is 3.62. The Morgan fingerprint density at radius 2 is 2.30 bits per heavy atom. The van der Waals surface area contributed by atoms with E-state index in [1.54, 1.807) is 18.4 Å². The van der Waals surface area contributed by atoms with Crippen molar-refractivity contribution >= 4 is 22.9 Å². The van der Waals surface area contributed by atoms with Gasteiger partial charge in [-0.25, -0.2) is 4.98 Å². The number of rotatable bonds is 3. The molecule has 1 aromatic carbocycles. The zero-order valence-electron chi connectivity index (χ0n) is 11.3. The molecule has 0 spiro atoms. The van der Waals surface area contributed by atoms with E-state index < -0.39 is 0 Å². The second-order valence-electron chi connectivity index (χ2n) is 4.85. The number of nitrogens with zero attached hydrogens (tertiary/aromatic N) is 1. The van der Waals surface area contributed by atoms with Gasteiger partial charge in [-0.3, -0.25) is 4.79 Å². The first-order valence-electron chi connectivity index (χ1n) is 6.63. The molecule has 0 saturated heterocycles.